The first-order chi connectivity index (χ1) is 5.90. The van der Waals surface area contributed by atoms with Crippen molar-refractivity contribution in [2.75, 3.05) is 7.11 Å². The Kier molecular flexibility index (Phi) is 9.46. The molecule has 1 unspecified atom stereocenters. The molecule has 6 nitrogen and oxygen atoms in total. The minimum atomic E-state index is -1.26. The fourth-order valence-electron chi connectivity index (χ4n) is 0.143. The van der Waals surface area contributed by atoms with Crippen molar-refractivity contribution >= 4 is 11.9 Å². The van der Waals surface area contributed by atoms with Crippen LogP contribution >= 0.6 is 0 Å². The number of nitrogens with two attached hydrogens (primary N) is 1. The van der Waals surface area contributed by atoms with Gasteiger partial charge in [-0.1, -0.05) is 0 Å². The molecule has 0 amide bonds. The molecule has 13 heavy (non-hydrogen) atoms. The van der Waals surface area contributed by atoms with E-state index in [1.54, 1.807) is 14.0 Å². The smallest absolute Gasteiger partial charge is 0.328 e. The molecular formula is C7H13NO5. The van der Waals surface area contributed by atoms with Gasteiger partial charge in [-0.15, -0.1) is 0 Å². The summed E-state index contributed by atoms with van der Waals surface area (Å²) in [5.74, 6) is -2.51. The van der Waals surface area contributed by atoms with Crippen molar-refractivity contribution < 1.29 is 24.5 Å². The molecule has 0 fully saturated rings. The lowest BCUT2D eigenvalue weighted by atomic mass is 10.5. The molecule has 0 aromatic heterocycles. The van der Waals surface area contributed by atoms with Gasteiger partial charge in [0, 0.05) is 19.3 Å². The standard InChI is InChI=1S/C4H4O4.C3H9NO/c5-3(6)1-2-4(7)8;1-3(4)5-2/h1-2H,(H,5,6)(H,7,8);3H,4H2,1-2H3/b2-1+;. The SMILES string of the molecule is COC(C)N.O=C(O)/C=C/C(=O)O. The van der Waals surface area contributed by atoms with E-state index in [1.165, 1.54) is 0 Å². The Morgan fingerprint density at radius 3 is 1.62 bits per heavy atom. The fraction of sp³-hybridized carbons (Fsp3) is 0.429. The van der Waals surface area contributed by atoms with Crippen LogP contribution in [0.1, 0.15) is 6.92 Å². The third kappa shape index (κ3) is 25.0. The summed E-state index contributed by atoms with van der Waals surface area (Å²) in [6.07, 6.45) is 1.000. The number of aliphatic carboxylic acids is 2. The summed E-state index contributed by atoms with van der Waals surface area (Å²) in [4.78, 5) is 19.1. The van der Waals surface area contributed by atoms with Gasteiger partial charge in [-0.05, 0) is 6.92 Å². The highest BCUT2D eigenvalue weighted by Gasteiger charge is 1.88. The maximum Gasteiger partial charge on any atom is 0.328 e. The molecule has 0 rings (SSSR count). The van der Waals surface area contributed by atoms with Crippen LogP contribution in [0.4, 0.5) is 0 Å². The highest BCUT2D eigenvalue weighted by atomic mass is 16.5. The van der Waals surface area contributed by atoms with Crippen LogP contribution in [-0.4, -0.2) is 35.5 Å². The van der Waals surface area contributed by atoms with Gasteiger partial charge in [0.25, 0.3) is 0 Å². The lowest BCUT2D eigenvalue weighted by molar-refractivity contribution is -0.134. The third-order valence-electron chi connectivity index (χ3n) is 0.740. The van der Waals surface area contributed by atoms with E-state index in [0.29, 0.717) is 12.2 Å². The molecule has 0 aromatic carbocycles. The number of rotatable bonds is 3. The number of carboxylic acids is 2. The first-order valence-electron chi connectivity index (χ1n) is 3.32. The van der Waals surface area contributed by atoms with Crippen LogP contribution in [0.2, 0.25) is 0 Å². The Balaban J connectivity index is 0. The normalized spacial score (nSPS) is 11.6. The van der Waals surface area contributed by atoms with E-state index in [0.717, 1.165) is 0 Å². The molecule has 4 N–H and O–H groups in total. The molecule has 0 aromatic rings. The fourth-order valence-corrected chi connectivity index (χ4v) is 0.143. The first-order valence-corrected chi connectivity index (χ1v) is 3.32. The maximum atomic E-state index is 9.55. The van der Waals surface area contributed by atoms with Crippen LogP contribution in [0, 0.1) is 0 Å². The summed E-state index contributed by atoms with van der Waals surface area (Å²) in [5, 5.41) is 15.6. The first kappa shape index (κ1) is 14.1. The van der Waals surface area contributed by atoms with Gasteiger partial charge in [-0.2, -0.15) is 0 Å². The van der Waals surface area contributed by atoms with Crippen LogP contribution in [0.25, 0.3) is 0 Å². The second kappa shape index (κ2) is 8.69. The van der Waals surface area contributed by atoms with Crippen LogP contribution in [0.5, 0.6) is 0 Å². The Morgan fingerprint density at radius 1 is 1.31 bits per heavy atom. The monoisotopic (exact) mass is 191 g/mol. The van der Waals surface area contributed by atoms with Gasteiger partial charge >= 0.3 is 11.9 Å². The van der Waals surface area contributed by atoms with E-state index >= 15 is 0 Å². The van der Waals surface area contributed by atoms with E-state index < -0.39 is 11.9 Å². The van der Waals surface area contributed by atoms with Gasteiger partial charge in [0.15, 0.2) is 0 Å². The largest absolute Gasteiger partial charge is 0.478 e. The van der Waals surface area contributed by atoms with Crippen molar-refractivity contribution in [2.24, 2.45) is 5.73 Å². The highest BCUT2D eigenvalue weighted by molar-refractivity contribution is 5.89. The van der Waals surface area contributed by atoms with E-state index in [1.807, 2.05) is 0 Å². The van der Waals surface area contributed by atoms with E-state index in [-0.39, 0.29) is 6.23 Å². The molecule has 0 aliphatic heterocycles. The molecule has 0 radical (unpaired) electrons. The van der Waals surface area contributed by atoms with Gasteiger partial charge in [0.1, 0.15) is 6.23 Å². The summed E-state index contributed by atoms with van der Waals surface area (Å²) in [6, 6.07) is 0. The zero-order valence-electron chi connectivity index (χ0n) is 7.43. The molecule has 0 saturated heterocycles. The van der Waals surface area contributed by atoms with Crippen molar-refractivity contribution in [1.29, 1.82) is 0 Å². The molecule has 0 saturated carbocycles. The second-order valence-electron chi connectivity index (χ2n) is 1.95. The van der Waals surface area contributed by atoms with Crippen molar-refractivity contribution in [3.05, 3.63) is 12.2 Å². The summed E-state index contributed by atoms with van der Waals surface area (Å²) in [5.41, 5.74) is 5.07. The summed E-state index contributed by atoms with van der Waals surface area (Å²) >= 11 is 0. The Bertz CT molecular complexity index is 171. The van der Waals surface area contributed by atoms with Crippen LogP contribution in [0.3, 0.4) is 0 Å². The lowest BCUT2D eigenvalue weighted by Gasteiger charge is -1.95. The number of methoxy groups -OCH3 is 1. The van der Waals surface area contributed by atoms with Gasteiger partial charge in [-0.3, -0.25) is 0 Å². The van der Waals surface area contributed by atoms with Crippen molar-refractivity contribution in [2.45, 2.75) is 13.2 Å². The Morgan fingerprint density at radius 2 is 1.54 bits per heavy atom. The minimum Gasteiger partial charge on any atom is -0.478 e. The molecular weight excluding hydrogens is 178 g/mol. The number of hydrogen-bond donors (Lipinski definition) is 3. The van der Waals surface area contributed by atoms with Crippen LogP contribution in [0.15, 0.2) is 12.2 Å². The summed E-state index contributed by atoms with van der Waals surface area (Å²) in [6.45, 7) is 1.78. The predicted octanol–water partition coefficient (Wildman–Crippen LogP) is -0.351. The second-order valence-corrected chi connectivity index (χ2v) is 1.95. The third-order valence-corrected chi connectivity index (χ3v) is 0.740. The van der Waals surface area contributed by atoms with Crippen molar-refractivity contribution in [3.63, 3.8) is 0 Å². The summed E-state index contributed by atoms with van der Waals surface area (Å²) in [7, 11) is 1.57. The average molecular weight is 191 g/mol. The van der Waals surface area contributed by atoms with E-state index in [2.05, 4.69) is 4.74 Å². The van der Waals surface area contributed by atoms with E-state index in [4.69, 9.17) is 15.9 Å². The van der Waals surface area contributed by atoms with Crippen molar-refractivity contribution in [1.82, 2.24) is 0 Å². The van der Waals surface area contributed by atoms with Crippen molar-refractivity contribution in [3.8, 4) is 0 Å². The van der Waals surface area contributed by atoms with Crippen LogP contribution in [-0.2, 0) is 14.3 Å². The number of carbonyl (C=O) groups is 2. The minimum absolute atomic E-state index is 0.116. The highest BCUT2D eigenvalue weighted by Crippen LogP contribution is 1.70. The van der Waals surface area contributed by atoms with Gasteiger partial charge in [0.05, 0.1) is 0 Å². The molecule has 76 valence electrons. The number of ether oxygens (including phenoxy) is 1. The van der Waals surface area contributed by atoms with Gasteiger partial charge < -0.3 is 20.7 Å². The Labute approximate surface area is 75.6 Å². The zero-order valence-corrected chi connectivity index (χ0v) is 7.43. The lowest BCUT2D eigenvalue weighted by Crippen LogP contribution is -2.15. The molecule has 1 atom stereocenters. The maximum absolute atomic E-state index is 9.55. The number of hydrogen-bond acceptors (Lipinski definition) is 4. The van der Waals surface area contributed by atoms with Crippen LogP contribution < -0.4 is 5.73 Å². The van der Waals surface area contributed by atoms with Gasteiger partial charge in [-0.25, -0.2) is 9.59 Å². The quantitative estimate of drug-likeness (QED) is 0.415. The molecule has 0 heterocycles. The topological polar surface area (TPSA) is 110 Å². The Hall–Kier alpha value is -1.40. The van der Waals surface area contributed by atoms with E-state index in [9.17, 15) is 9.59 Å². The summed E-state index contributed by atoms with van der Waals surface area (Å²) < 4.78 is 4.53. The molecule has 0 aliphatic rings. The van der Waals surface area contributed by atoms with Gasteiger partial charge in [0.2, 0.25) is 0 Å². The molecule has 0 bridgehead atoms. The average Bonchev–Trinajstić information content (AvgIpc) is 2.02. The molecule has 6 heteroatoms. The molecule has 0 spiro atoms. The number of carboxylic acid groups (broad SMARTS) is 2. The predicted molar refractivity (Wildman–Crippen MR) is 45.1 cm³/mol. The molecule has 0 aliphatic carbocycles. The zero-order chi connectivity index (χ0) is 10.9.